The summed E-state index contributed by atoms with van der Waals surface area (Å²) in [4.78, 5) is 50.8. The van der Waals surface area contributed by atoms with E-state index in [1.54, 1.807) is 27.7 Å². The lowest BCUT2D eigenvalue weighted by Gasteiger charge is -2.34. The van der Waals surface area contributed by atoms with Crippen LogP contribution in [0.25, 0.3) is 0 Å². The molecule has 0 unspecified atom stereocenters. The molecule has 0 radical (unpaired) electrons. The van der Waals surface area contributed by atoms with Gasteiger partial charge < -0.3 is 41.7 Å². The predicted octanol–water partition coefficient (Wildman–Crippen LogP) is -1.53. The van der Waals surface area contributed by atoms with Crippen molar-refractivity contribution in [3.63, 3.8) is 0 Å². The normalized spacial score (nSPS) is 20.2. The van der Waals surface area contributed by atoms with E-state index in [0.29, 0.717) is 12.8 Å². The zero-order valence-electron chi connectivity index (χ0n) is 19.7. The smallest absolute Gasteiger partial charge is 0.303 e. The summed E-state index contributed by atoms with van der Waals surface area (Å²) in [6, 6.07) is -4.45. The van der Waals surface area contributed by atoms with Gasteiger partial charge in [-0.25, -0.2) is 0 Å². The van der Waals surface area contributed by atoms with Crippen LogP contribution in [-0.2, 0) is 19.2 Å². The van der Waals surface area contributed by atoms with Crippen molar-refractivity contribution >= 4 is 23.7 Å². The maximum absolute atomic E-state index is 13.2. The number of hydrogen-bond donors (Lipinski definition) is 7. The van der Waals surface area contributed by atoms with Crippen LogP contribution in [-0.4, -0.2) is 85.7 Å². The maximum Gasteiger partial charge on any atom is 0.303 e. The second kappa shape index (κ2) is 12.3. The number of aliphatic carboxylic acids is 1. The van der Waals surface area contributed by atoms with E-state index in [9.17, 15) is 34.5 Å². The molecule has 33 heavy (non-hydrogen) atoms. The third kappa shape index (κ3) is 8.22. The van der Waals surface area contributed by atoms with Gasteiger partial charge in [-0.2, -0.15) is 0 Å². The summed E-state index contributed by atoms with van der Waals surface area (Å²) in [7, 11) is 0. The number of hydrogen-bond acceptors (Lipinski definition) is 8. The fourth-order valence-electron chi connectivity index (χ4n) is 3.71. The van der Waals surface area contributed by atoms with Gasteiger partial charge in [0.05, 0.1) is 6.04 Å². The van der Waals surface area contributed by atoms with E-state index < -0.39 is 59.7 Å². The zero-order chi connectivity index (χ0) is 25.5. The van der Waals surface area contributed by atoms with Crippen LogP contribution in [0.2, 0.25) is 0 Å². The molecule has 0 aromatic heterocycles. The van der Waals surface area contributed by atoms with Crippen LogP contribution in [0.5, 0.6) is 0 Å². The highest BCUT2D eigenvalue weighted by Gasteiger charge is 2.42. The average Bonchev–Trinajstić information content (AvgIpc) is 3.21. The van der Waals surface area contributed by atoms with Crippen molar-refractivity contribution in [2.75, 3.05) is 6.54 Å². The minimum absolute atomic E-state index is 0.182. The standard InChI is InChI=1S/C21H38N4O8/c1-5-12(4)17(21(31,32)33)24-18(28)14-7-6-10-25(14)20(30)13(8-9-15(26)27)23-19(29)16(22)11(2)3/h11-14,16-17,31-33H,5-10,22H2,1-4H3,(H,23,29)(H,24,28)(H,26,27)/t12-,13-,14-,16-,17-/m0/s1. The summed E-state index contributed by atoms with van der Waals surface area (Å²) < 4.78 is 0. The Balaban J connectivity index is 3.05. The fourth-order valence-corrected chi connectivity index (χ4v) is 3.71. The molecule has 0 spiro atoms. The molecule has 0 aromatic carbocycles. The molecule has 0 bridgehead atoms. The van der Waals surface area contributed by atoms with Gasteiger partial charge in [0.25, 0.3) is 5.97 Å². The Morgan fingerprint density at radius 3 is 2.21 bits per heavy atom. The van der Waals surface area contributed by atoms with Crippen molar-refractivity contribution in [2.24, 2.45) is 17.6 Å². The summed E-state index contributed by atoms with van der Waals surface area (Å²) in [6.07, 6.45) is 0.631. The van der Waals surface area contributed by atoms with Crippen molar-refractivity contribution in [1.29, 1.82) is 0 Å². The summed E-state index contributed by atoms with van der Waals surface area (Å²) in [5, 5.41) is 42.9. The van der Waals surface area contributed by atoms with Gasteiger partial charge in [0.15, 0.2) is 0 Å². The Labute approximate surface area is 193 Å². The minimum Gasteiger partial charge on any atom is -0.481 e. The van der Waals surface area contributed by atoms with Crippen LogP contribution in [0, 0.1) is 11.8 Å². The Morgan fingerprint density at radius 1 is 1.12 bits per heavy atom. The molecule has 0 saturated carbocycles. The number of nitrogens with two attached hydrogens (primary N) is 1. The predicted molar refractivity (Wildman–Crippen MR) is 117 cm³/mol. The van der Waals surface area contributed by atoms with Crippen molar-refractivity contribution < 1.29 is 39.6 Å². The van der Waals surface area contributed by atoms with Crippen LogP contribution in [0.3, 0.4) is 0 Å². The SMILES string of the molecule is CC[C@H](C)[C@H](NC(=O)[C@@H]1CCCN1C(=O)[C@H](CCC(=O)O)NC(=O)[C@@H](N)C(C)C)C(O)(O)O. The van der Waals surface area contributed by atoms with Crippen LogP contribution >= 0.6 is 0 Å². The molecule has 12 nitrogen and oxygen atoms in total. The molecule has 8 N–H and O–H groups in total. The number of likely N-dealkylation sites (tertiary alicyclic amines) is 1. The second-order valence-corrected chi connectivity index (χ2v) is 9.01. The average molecular weight is 475 g/mol. The molecule has 1 heterocycles. The van der Waals surface area contributed by atoms with Gasteiger partial charge >= 0.3 is 5.97 Å². The molecule has 1 aliphatic heterocycles. The second-order valence-electron chi connectivity index (χ2n) is 9.01. The highest BCUT2D eigenvalue weighted by Crippen LogP contribution is 2.22. The minimum atomic E-state index is -3.15. The Hall–Kier alpha value is -2.28. The number of aliphatic hydroxyl groups is 3. The third-order valence-corrected chi connectivity index (χ3v) is 6.05. The molecule has 5 atom stereocenters. The molecular weight excluding hydrogens is 436 g/mol. The van der Waals surface area contributed by atoms with E-state index in [1.165, 1.54) is 4.90 Å². The van der Waals surface area contributed by atoms with Gasteiger partial charge in [0.1, 0.15) is 18.1 Å². The van der Waals surface area contributed by atoms with Crippen molar-refractivity contribution in [2.45, 2.75) is 89.9 Å². The number of carboxylic acid groups (broad SMARTS) is 1. The zero-order valence-corrected chi connectivity index (χ0v) is 19.7. The molecule has 1 aliphatic rings. The van der Waals surface area contributed by atoms with Crippen LogP contribution in [0.15, 0.2) is 0 Å². The number of amides is 3. The molecule has 1 rings (SSSR count). The summed E-state index contributed by atoms with van der Waals surface area (Å²) >= 11 is 0. The van der Waals surface area contributed by atoms with E-state index in [4.69, 9.17) is 10.8 Å². The van der Waals surface area contributed by atoms with Crippen LogP contribution in [0.4, 0.5) is 0 Å². The van der Waals surface area contributed by atoms with E-state index >= 15 is 0 Å². The quantitative estimate of drug-likeness (QED) is 0.164. The van der Waals surface area contributed by atoms with E-state index in [1.807, 2.05) is 0 Å². The Kier molecular flexibility index (Phi) is 10.7. The van der Waals surface area contributed by atoms with Gasteiger partial charge in [-0.15, -0.1) is 0 Å². The van der Waals surface area contributed by atoms with Crippen molar-refractivity contribution in [3.8, 4) is 0 Å². The lowest BCUT2D eigenvalue weighted by molar-refractivity contribution is -0.332. The number of carbonyl (C=O) groups is 4. The van der Waals surface area contributed by atoms with Crippen molar-refractivity contribution in [3.05, 3.63) is 0 Å². The number of nitrogens with one attached hydrogen (secondary N) is 2. The van der Waals surface area contributed by atoms with E-state index in [2.05, 4.69) is 10.6 Å². The molecule has 0 aromatic rings. The van der Waals surface area contributed by atoms with Gasteiger partial charge in [-0.05, 0) is 31.1 Å². The first-order valence-corrected chi connectivity index (χ1v) is 11.3. The van der Waals surface area contributed by atoms with Crippen LogP contribution in [0.1, 0.15) is 59.8 Å². The molecule has 3 amide bonds. The largest absolute Gasteiger partial charge is 0.481 e. The van der Waals surface area contributed by atoms with Gasteiger partial charge in [-0.1, -0.05) is 34.1 Å². The molecule has 12 heteroatoms. The summed E-state index contributed by atoms with van der Waals surface area (Å²) in [5.74, 6) is -6.90. The van der Waals surface area contributed by atoms with E-state index in [0.717, 1.165) is 0 Å². The van der Waals surface area contributed by atoms with Gasteiger partial charge in [-0.3, -0.25) is 19.2 Å². The molecule has 1 fully saturated rings. The highest BCUT2D eigenvalue weighted by molar-refractivity contribution is 5.93. The number of carbonyl (C=O) groups excluding carboxylic acids is 3. The Bertz CT molecular complexity index is 709. The van der Waals surface area contributed by atoms with Crippen LogP contribution < -0.4 is 16.4 Å². The summed E-state index contributed by atoms with van der Waals surface area (Å²) in [5.41, 5.74) is 5.84. The molecular formula is C21H38N4O8. The number of rotatable bonds is 12. The van der Waals surface area contributed by atoms with Crippen molar-refractivity contribution in [1.82, 2.24) is 15.5 Å². The molecule has 190 valence electrons. The maximum atomic E-state index is 13.2. The first-order chi connectivity index (χ1) is 15.2. The first kappa shape index (κ1) is 28.8. The van der Waals surface area contributed by atoms with Gasteiger partial charge in [0.2, 0.25) is 17.7 Å². The Morgan fingerprint density at radius 2 is 1.73 bits per heavy atom. The number of nitrogens with zero attached hydrogens (tertiary/aromatic N) is 1. The van der Waals surface area contributed by atoms with Gasteiger partial charge in [0, 0.05) is 13.0 Å². The first-order valence-electron chi connectivity index (χ1n) is 11.3. The lowest BCUT2D eigenvalue weighted by atomic mass is 9.96. The molecule has 0 aliphatic carbocycles. The van der Waals surface area contributed by atoms with E-state index in [-0.39, 0.29) is 31.7 Å². The monoisotopic (exact) mass is 474 g/mol. The topological polar surface area (TPSA) is 203 Å². The fraction of sp³-hybridized carbons (Fsp3) is 0.810. The molecule has 1 saturated heterocycles. The third-order valence-electron chi connectivity index (χ3n) is 6.05. The summed E-state index contributed by atoms with van der Waals surface area (Å²) in [6.45, 7) is 7.03. The number of carboxylic acids is 1. The highest BCUT2D eigenvalue weighted by atomic mass is 16.7. The lowest BCUT2D eigenvalue weighted by Crippen LogP contribution is -2.60.